The largest absolute Gasteiger partial charge is 0.489 e. The first kappa shape index (κ1) is 15.3. The van der Waals surface area contributed by atoms with Gasteiger partial charge in [-0.05, 0) is 52.6 Å². The topological polar surface area (TPSA) is 35.2 Å². The van der Waals surface area contributed by atoms with Gasteiger partial charge in [-0.2, -0.15) is 0 Å². The van der Waals surface area contributed by atoms with Gasteiger partial charge in [-0.1, -0.05) is 42.5 Å². The Morgan fingerprint density at radius 2 is 1.52 bits per heavy atom. The van der Waals surface area contributed by atoms with Crippen LogP contribution in [-0.4, -0.2) is 0 Å². The van der Waals surface area contributed by atoms with Crippen molar-refractivity contribution >= 4 is 0 Å². The van der Waals surface area contributed by atoms with E-state index in [4.69, 9.17) is 10.5 Å². The lowest BCUT2D eigenvalue weighted by Crippen LogP contribution is -1.97. The van der Waals surface area contributed by atoms with E-state index in [1.165, 1.54) is 12.1 Å². The third-order valence-electron chi connectivity index (χ3n) is 3.63. The number of rotatable bonds is 5. The minimum atomic E-state index is -0.271. The molecule has 23 heavy (non-hydrogen) atoms. The molecule has 0 amide bonds. The highest BCUT2D eigenvalue weighted by Gasteiger charge is 2.03. The molecule has 0 spiro atoms. The third-order valence-corrected chi connectivity index (χ3v) is 3.63. The molecule has 0 aliphatic carbocycles. The Morgan fingerprint density at radius 3 is 2.22 bits per heavy atom. The summed E-state index contributed by atoms with van der Waals surface area (Å²) in [6.07, 6.45) is 0. The minimum absolute atomic E-state index is 0.271. The van der Waals surface area contributed by atoms with E-state index in [0.717, 1.165) is 28.0 Å². The molecule has 0 fully saturated rings. The van der Waals surface area contributed by atoms with Crippen molar-refractivity contribution < 1.29 is 9.13 Å². The second-order valence-electron chi connectivity index (χ2n) is 5.35. The molecular weight excluding hydrogens is 289 g/mol. The van der Waals surface area contributed by atoms with Gasteiger partial charge in [0.15, 0.2) is 0 Å². The average Bonchev–Trinajstić information content (AvgIpc) is 2.60. The fraction of sp³-hybridized carbons (Fsp3) is 0.100. The van der Waals surface area contributed by atoms with Gasteiger partial charge in [0, 0.05) is 6.54 Å². The molecule has 0 saturated heterocycles. The lowest BCUT2D eigenvalue weighted by molar-refractivity contribution is 0.306. The Bertz CT molecular complexity index is 769. The second-order valence-corrected chi connectivity index (χ2v) is 5.35. The average molecular weight is 307 g/mol. The quantitative estimate of drug-likeness (QED) is 0.751. The zero-order valence-electron chi connectivity index (χ0n) is 12.7. The maximum atomic E-state index is 13.6. The number of halogens is 1. The SMILES string of the molecule is NCc1cc(F)cc(-c2ccc(OCc3ccccc3)cc2)c1. The molecule has 3 aromatic carbocycles. The Kier molecular flexibility index (Phi) is 4.69. The molecule has 0 radical (unpaired) electrons. The van der Waals surface area contributed by atoms with Crippen LogP contribution in [0.25, 0.3) is 11.1 Å². The maximum absolute atomic E-state index is 13.6. The number of hydrogen-bond donors (Lipinski definition) is 1. The standard InChI is InChI=1S/C20H18FNO/c21-19-11-16(13-22)10-18(12-19)17-6-8-20(9-7-17)23-14-15-4-2-1-3-5-15/h1-12H,13-14,22H2. The van der Waals surface area contributed by atoms with E-state index < -0.39 is 0 Å². The van der Waals surface area contributed by atoms with Crippen LogP contribution in [0.2, 0.25) is 0 Å². The molecular formula is C20H18FNO. The van der Waals surface area contributed by atoms with Gasteiger partial charge in [-0.15, -0.1) is 0 Å². The number of nitrogens with two attached hydrogens (primary N) is 1. The summed E-state index contributed by atoms with van der Waals surface area (Å²) < 4.78 is 19.4. The van der Waals surface area contributed by atoms with Gasteiger partial charge in [0.2, 0.25) is 0 Å². The predicted octanol–water partition coefficient (Wildman–Crippen LogP) is 4.53. The van der Waals surface area contributed by atoms with Crippen molar-refractivity contribution in [2.45, 2.75) is 13.2 Å². The molecule has 3 heteroatoms. The Balaban J connectivity index is 1.73. The zero-order valence-corrected chi connectivity index (χ0v) is 12.7. The smallest absolute Gasteiger partial charge is 0.124 e. The van der Waals surface area contributed by atoms with Gasteiger partial charge in [-0.3, -0.25) is 0 Å². The monoisotopic (exact) mass is 307 g/mol. The van der Waals surface area contributed by atoms with Crippen molar-refractivity contribution in [1.82, 2.24) is 0 Å². The van der Waals surface area contributed by atoms with E-state index in [-0.39, 0.29) is 5.82 Å². The van der Waals surface area contributed by atoms with Gasteiger partial charge in [0.1, 0.15) is 18.2 Å². The van der Waals surface area contributed by atoms with Crippen molar-refractivity contribution in [3.8, 4) is 16.9 Å². The van der Waals surface area contributed by atoms with Crippen LogP contribution >= 0.6 is 0 Å². The predicted molar refractivity (Wildman–Crippen MR) is 90.5 cm³/mol. The number of benzene rings is 3. The first-order valence-corrected chi connectivity index (χ1v) is 7.51. The first-order chi connectivity index (χ1) is 11.2. The van der Waals surface area contributed by atoms with Crippen LogP contribution in [0, 0.1) is 5.82 Å². The van der Waals surface area contributed by atoms with Crippen molar-refractivity contribution in [3.63, 3.8) is 0 Å². The van der Waals surface area contributed by atoms with Gasteiger partial charge in [0.25, 0.3) is 0 Å². The highest BCUT2D eigenvalue weighted by atomic mass is 19.1. The highest BCUT2D eigenvalue weighted by Crippen LogP contribution is 2.25. The minimum Gasteiger partial charge on any atom is -0.489 e. The van der Waals surface area contributed by atoms with E-state index in [2.05, 4.69) is 0 Å². The van der Waals surface area contributed by atoms with Gasteiger partial charge >= 0.3 is 0 Å². The van der Waals surface area contributed by atoms with Gasteiger partial charge in [-0.25, -0.2) is 4.39 Å². The van der Waals surface area contributed by atoms with Crippen molar-refractivity contribution in [2.75, 3.05) is 0 Å². The Labute approximate surface area is 135 Å². The lowest BCUT2D eigenvalue weighted by atomic mass is 10.0. The Morgan fingerprint density at radius 1 is 0.783 bits per heavy atom. The molecule has 0 saturated carbocycles. The van der Waals surface area contributed by atoms with Crippen LogP contribution < -0.4 is 10.5 Å². The third kappa shape index (κ3) is 3.96. The molecule has 116 valence electrons. The summed E-state index contributed by atoms with van der Waals surface area (Å²) in [6.45, 7) is 0.848. The summed E-state index contributed by atoms with van der Waals surface area (Å²) in [5.41, 5.74) is 9.26. The second kappa shape index (κ2) is 7.07. The fourth-order valence-electron chi connectivity index (χ4n) is 2.42. The van der Waals surface area contributed by atoms with Crippen LogP contribution in [0.1, 0.15) is 11.1 Å². The van der Waals surface area contributed by atoms with E-state index in [1.807, 2.05) is 60.7 Å². The fourth-order valence-corrected chi connectivity index (χ4v) is 2.42. The van der Waals surface area contributed by atoms with Crippen LogP contribution in [0.4, 0.5) is 4.39 Å². The molecule has 0 unspecified atom stereocenters. The lowest BCUT2D eigenvalue weighted by Gasteiger charge is -2.08. The molecule has 3 aromatic rings. The zero-order chi connectivity index (χ0) is 16.1. The summed E-state index contributed by atoms with van der Waals surface area (Å²) in [4.78, 5) is 0. The van der Waals surface area contributed by atoms with E-state index in [0.29, 0.717) is 13.2 Å². The summed E-state index contributed by atoms with van der Waals surface area (Å²) in [5.74, 6) is 0.514. The number of hydrogen-bond acceptors (Lipinski definition) is 2. The van der Waals surface area contributed by atoms with Crippen LogP contribution in [-0.2, 0) is 13.2 Å². The van der Waals surface area contributed by atoms with Crippen molar-refractivity contribution in [1.29, 1.82) is 0 Å². The molecule has 2 nitrogen and oxygen atoms in total. The molecule has 3 rings (SSSR count). The van der Waals surface area contributed by atoms with Crippen molar-refractivity contribution in [2.24, 2.45) is 5.73 Å². The Hall–Kier alpha value is -2.65. The molecule has 0 aliphatic rings. The van der Waals surface area contributed by atoms with E-state index >= 15 is 0 Å². The maximum Gasteiger partial charge on any atom is 0.124 e. The molecule has 0 aliphatic heterocycles. The summed E-state index contributed by atoms with van der Waals surface area (Å²) in [7, 11) is 0. The summed E-state index contributed by atoms with van der Waals surface area (Å²) in [6, 6.07) is 22.5. The molecule has 0 atom stereocenters. The van der Waals surface area contributed by atoms with E-state index in [1.54, 1.807) is 0 Å². The summed E-state index contributed by atoms with van der Waals surface area (Å²) >= 11 is 0. The molecule has 2 N–H and O–H groups in total. The van der Waals surface area contributed by atoms with Crippen LogP contribution in [0.15, 0.2) is 72.8 Å². The van der Waals surface area contributed by atoms with Crippen LogP contribution in [0.5, 0.6) is 5.75 Å². The highest BCUT2D eigenvalue weighted by molar-refractivity contribution is 5.65. The summed E-state index contributed by atoms with van der Waals surface area (Å²) in [5, 5.41) is 0. The molecule has 0 bridgehead atoms. The van der Waals surface area contributed by atoms with Crippen molar-refractivity contribution in [3.05, 3.63) is 89.7 Å². The normalized spacial score (nSPS) is 10.5. The van der Waals surface area contributed by atoms with E-state index in [9.17, 15) is 4.39 Å². The number of ether oxygens (including phenoxy) is 1. The van der Waals surface area contributed by atoms with Crippen LogP contribution in [0.3, 0.4) is 0 Å². The molecule has 0 heterocycles. The molecule has 0 aromatic heterocycles. The first-order valence-electron chi connectivity index (χ1n) is 7.51. The van der Waals surface area contributed by atoms with Gasteiger partial charge in [0.05, 0.1) is 0 Å². The van der Waals surface area contributed by atoms with Gasteiger partial charge < -0.3 is 10.5 Å².